The van der Waals surface area contributed by atoms with E-state index in [1.165, 1.54) is 65.0 Å². The molecule has 1 N–H and O–H groups in total. The van der Waals surface area contributed by atoms with Crippen LogP contribution in [0.25, 0.3) is 0 Å². The third-order valence-corrected chi connectivity index (χ3v) is 8.83. The van der Waals surface area contributed by atoms with Crippen LogP contribution in [-0.2, 0) is 26.5 Å². The van der Waals surface area contributed by atoms with Crippen molar-refractivity contribution in [3.05, 3.63) is 88.2 Å². The lowest BCUT2D eigenvalue weighted by Crippen LogP contribution is -2.42. The summed E-state index contributed by atoms with van der Waals surface area (Å²) in [4.78, 5) is 9.86. The average Bonchev–Trinajstić information content (AvgIpc) is 2.79. The Hall–Kier alpha value is -3.51. The van der Waals surface area contributed by atoms with Crippen LogP contribution in [0.4, 0.5) is 21.5 Å². The highest BCUT2D eigenvalue weighted by Crippen LogP contribution is 2.36. The second kappa shape index (κ2) is 8.69. The summed E-state index contributed by atoms with van der Waals surface area (Å²) < 4.78 is 69.2. The summed E-state index contributed by atoms with van der Waals surface area (Å²) in [5, 5.41) is 10.9. The number of nitrogens with one attached hydrogen (secondary N) is 1. The maximum Gasteiger partial charge on any atom is 0.270 e. The van der Waals surface area contributed by atoms with Gasteiger partial charge in [-0.25, -0.2) is 21.2 Å². The van der Waals surface area contributed by atoms with Gasteiger partial charge in [0.05, 0.1) is 20.4 Å². The highest BCUT2D eigenvalue weighted by molar-refractivity contribution is 7.93. The highest BCUT2D eigenvalue weighted by Gasteiger charge is 2.34. The molecule has 0 saturated carbocycles. The van der Waals surface area contributed by atoms with Crippen molar-refractivity contribution in [2.45, 2.75) is 35.6 Å². The molecule has 0 radical (unpaired) electrons. The number of non-ortho nitro benzene ring substituents is 1. The van der Waals surface area contributed by atoms with E-state index < -0.39 is 30.8 Å². The summed E-state index contributed by atoms with van der Waals surface area (Å²) >= 11 is 0. The number of benzene rings is 3. The normalized spacial score (nSPS) is 16.1. The number of aryl methyl sites for hydroxylation is 1. The van der Waals surface area contributed by atoms with Crippen LogP contribution in [0, 0.1) is 15.9 Å². The molecule has 0 bridgehead atoms. The molecule has 3 aromatic rings. The molecule has 1 atom stereocenters. The van der Waals surface area contributed by atoms with Gasteiger partial charge in [0, 0.05) is 23.9 Å². The molecular formula is C22H20FN3O6S2. The van der Waals surface area contributed by atoms with Crippen LogP contribution in [0.1, 0.15) is 18.9 Å². The number of hydrogen-bond donors (Lipinski definition) is 1. The van der Waals surface area contributed by atoms with E-state index in [9.17, 15) is 31.3 Å². The van der Waals surface area contributed by atoms with E-state index in [1.54, 1.807) is 6.92 Å². The van der Waals surface area contributed by atoms with Gasteiger partial charge < -0.3 is 0 Å². The molecular weight excluding hydrogens is 485 g/mol. The van der Waals surface area contributed by atoms with E-state index >= 15 is 0 Å². The van der Waals surface area contributed by atoms with Crippen LogP contribution >= 0.6 is 0 Å². The number of nitro benzene ring substituents is 1. The van der Waals surface area contributed by atoms with Gasteiger partial charge in [-0.05, 0) is 73.9 Å². The molecule has 0 spiro atoms. The first-order valence-electron chi connectivity index (χ1n) is 10.2. The largest absolute Gasteiger partial charge is 0.280 e. The van der Waals surface area contributed by atoms with Crippen LogP contribution in [0.2, 0.25) is 0 Å². The SMILES string of the molecule is CC1CCc2cc(F)ccc2N1S(=O)(=O)c1ccc(NS(=O)(=O)c2cccc([N+](=O)[O-])c2)cc1. The van der Waals surface area contributed by atoms with Gasteiger partial charge in [-0.15, -0.1) is 0 Å². The van der Waals surface area contributed by atoms with Crippen molar-refractivity contribution in [1.82, 2.24) is 0 Å². The van der Waals surface area contributed by atoms with Crippen LogP contribution in [0.15, 0.2) is 76.5 Å². The third kappa shape index (κ3) is 4.46. The van der Waals surface area contributed by atoms with E-state index in [2.05, 4.69) is 4.72 Å². The molecule has 9 nitrogen and oxygen atoms in total. The summed E-state index contributed by atoms with van der Waals surface area (Å²) in [6.45, 7) is 1.77. The average molecular weight is 506 g/mol. The minimum absolute atomic E-state index is 0.0604. The van der Waals surface area contributed by atoms with Gasteiger partial charge in [0.25, 0.3) is 25.7 Å². The lowest BCUT2D eigenvalue weighted by molar-refractivity contribution is -0.385. The Labute approximate surface area is 196 Å². The topological polar surface area (TPSA) is 127 Å². The van der Waals surface area contributed by atoms with Gasteiger partial charge in [0.2, 0.25) is 0 Å². The fourth-order valence-electron chi connectivity index (χ4n) is 3.84. The standard InChI is InChI=1S/C22H20FN3O6S2/c1-15-5-6-16-13-17(23)7-12-22(16)25(15)34(31,32)20-10-8-18(9-11-20)24-33(29,30)21-4-2-3-19(14-21)26(27)28/h2-4,7-15,24H,5-6H2,1H3. The van der Waals surface area contributed by atoms with Crippen molar-refractivity contribution in [1.29, 1.82) is 0 Å². The number of sulfonamides is 2. The lowest BCUT2D eigenvalue weighted by atomic mass is 9.99. The van der Waals surface area contributed by atoms with Gasteiger partial charge in [0.15, 0.2) is 0 Å². The van der Waals surface area contributed by atoms with Crippen molar-refractivity contribution in [2.24, 2.45) is 0 Å². The van der Waals surface area contributed by atoms with Crippen LogP contribution in [-0.4, -0.2) is 27.8 Å². The first-order chi connectivity index (χ1) is 16.0. The Kier molecular flexibility index (Phi) is 6.04. The number of fused-ring (bicyclic) bond motifs is 1. The predicted molar refractivity (Wildman–Crippen MR) is 124 cm³/mol. The van der Waals surface area contributed by atoms with E-state index in [1.807, 2.05) is 0 Å². The number of nitrogens with zero attached hydrogens (tertiary/aromatic N) is 2. The fraction of sp³-hybridized carbons (Fsp3) is 0.182. The smallest absolute Gasteiger partial charge is 0.270 e. The van der Waals surface area contributed by atoms with Crippen molar-refractivity contribution >= 4 is 37.1 Å². The number of halogens is 1. The van der Waals surface area contributed by atoms with Crippen molar-refractivity contribution in [3.8, 4) is 0 Å². The van der Waals surface area contributed by atoms with Gasteiger partial charge in [0.1, 0.15) is 5.82 Å². The molecule has 0 amide bonds. The minimum atomic E-state index is -4.14. The number of hydrogen-bond acceptors (Lipinski definition) is 6. The number of nitro groups is 1. The zero-order valence-electron chi connectivity index (χ0n) is 17.9. The predicted octanol–water partition coefficient (Wildman–Crippen LogP) is 4.06. The fourth-order valence-corrected chi connectivity index (χ4v) is 6.66. The highest BCUT2D eigenvalue weighted by atomic mass is 32.2. The Morgan fingerprint density at radius 3 is 2.38 bits per heavy atom. The van der Waals surface area contributed by atoms with Gasteiger partial charge in [-0.2, -0.15) is 0 Å². The zero-order valence-corrected chi connectivity index (χ0v) is 19.5. The second-order valence-electron chi connectivity index (χ2n) is 7.85. The molecule has 34 heavy (non-hydrogen) atoms. The second-order valence-corrected chi connectivity index (χ2v) is 11.3. The van der Waals surface area contributed by atoms with Crippen LogP contribution in [0.5, 0.6) is 0 Å². The maximum absolute atomic E-state index is 13.6. The van der Waals surface area contributed by atoms with Crippen LogP contribution < -0.4 is 9.03 Å². The lowest BCUT2D eigenvalue weighted by Gasteiger charge is -2.36. The molecule has 1 unspecified atom stereocenters. The van der Waals surface area contributed by atoms with E-state index in [4.69, 9.17) is 0 Å². The first-order valence-corrected chi connectivity index (χ1v) is 13.1. The minimum Gasteiger partial charge on any atom is -0.280 e. The summed E-state index contributed by atoms with van der Waals surface area (Å²) in [5.74, 6) is -0.439. The molecule has 12 heteroatoms. The molecule has 178 valence electrons. The molecule has 0 aromatic heterocycles. The molecule has 4 rings (SSSR count). The van der Waals surface area contributed by atoms with Gasteiger partial charge in [-0.3, -0.25) is 19.1 Å². The Morgan fingerprint density at radius 1 is 1.00 bits per heavy atom. The maximum atomic E-state index is 13.6. The summed E-state index contributed by atoms with van der Waals surface area (Å²) in [5.41, 5.74) is 0.721. The monoisotopic (exact) mass is 505 g/mol. The Balaban J connectivity index is 1.62. The van der Waals surface area contributed by atoms with E-state index in [0.29, 0.717) is 24.1 Å². The third-order valence-electron chi connectivity index (χ3n) is 5.51. The zero-order chi connectivity index (χ0) is 24.7. The van der Waals surface area contributed by atoms with E-state index in [0.717, 1.165) is 6.07 Å². The summed E-state index contributed by atoms with van der Waals surface area (Å²) in [6, 6.07) is 13.3. The first kappa shape index (κ1) is 23.6. The molecule has 0 saturated heterocycles. The summed E-state index contributed by atoms with van der Waals surface area (Å²) in [7, 11) is -8.15. The Bertz CT molecular complexity index is 1470. The van der Waals surface area contributed by atoms with Gasteiger partial charge in [-0.1, -0.05) is 6.07 Å². The van der Waals surface area contributed by atoms with Crippen molar-refractivity contribution in [2.75, 3.05) is 9.03 Å². The molecule has 1 aliphatic heterocycles. The molecule has 1 heterocycles. The number of anilines is 2. The molecule has 0 fully saturated rings. The van der Waals surface area contributed by atoms with Crippen molar-refractivity contribution < 1.29 is 26.1 Å². The van der Waals surface area contributed by atoms with Crippen LogP contribution in [0.3, 0.4) is 0 Å². The molecule has 1 aliphatic rings. The quantitative estimate of drug-likeness (QED) is 0.398. The Morgan fingerprint density at radius 2 is 1.71 bits per heavy atom. The van der Waals surface area contributed by atoms with Gasteiger partial charge >= 0.3 is 0 Å². The molecule has 3 aromatic carbocycles. The van der Waals surface area contributed by atoms with Crippen molar-refractivity contribution in [3.63, 3.8) is 0 Å². The molecule has 0 aliphatic carbocycles. The number of rotatable bonds is 6. The van der Waals surface area contributed by atoms with E-state index in [-0.39, 0.29) is 27.2 Å². The summed E-state index contributed by atoms with van der Waals surface area (Å²) in [6.07, 6.45) is 1.08.